The van der Waals surface area contributed by atoms with Gasteiger partial charge in [-0.05, 0) is 26.2 Å². The standard InChI is InChI=1S/C16H31N3O2/c1-3-5-10-20-12-8-18-15(17-4-2)19-9-6-16(13-19)7-11-21-14-16/h3-14H2,1-2H3,(H,17,18). The van der Waals surface area contributed by atoms with Crippen LogP contribution in [0.5, 0.6) is 0 Å². The first kappa shape index (κ1) is 16.6. The van der Waals surface area contributed by atoms with E-state index in [9.17, 15) is 0 Å². The molecule has 1 unspecified atom stereocenters. The highest BCUT2D eigenvalue weighted by molar-refractivity contribution is 5.80. The summed E-state index contributed by atoms with van der Waals surface area (Å²) in [5.41, 5.74) is 0.383. The van der Waals surface area contributed by atoms with Gasteiger partial charge in [0.25, 0.3) is 0 Å². The lowest BCUT2D eigenvalue weighted by molar-refractivity contribution is 0.138. The van der Waals surface area contributed by atoms with Crippen molar-refractivity contribution in [3.05, 3.63) is 0 Å². The van der Waals surface area contributed by atoms with Gasteiger partial charge in [0.05, 0.1) is 19.8 Å². The Balaban J connectivity index is 1.78. The highest BCUT2D eigenvalue weighted by atomic mass is 16.5. The molecule has 5 heteroatoms. The molecule has 0 amide bonds. The van der Waals surface area contributed by atoms with Gasteiger partial charge in [-0.2, -0.15) is 0 Å². The highest BCUT2D eigenvalue weighted by Gasteiger charge is 2.42. The second kappa shape index (κ2) is 8.59. The van der Waals surface area contributed by atoms with Crippen LogP contribution >= 0.6 is 0 Å². The fraction of sp³-hybridized carbons (Fsp3) is 0.938. The summed E-state index contributed by atoms with van der Waals surface area (Å²) in [5, 5.41) is 3.41. The molecule has 2 aliphatic heterocycles. The Labute approximate surface area is 129 Å². The minimum absolute atomic E-state index is 0.383. The molecular formula is C16H31N3O2. The van der Waals surface area contributed by atoms with Crippen molar-refractivity contribution in [2.75, 3.05) is 52.6 Å². The van der Waals surface area contributed by atoms with Gasteiger partial charge in [-0.15, -0.1) is 0 Å². The van der Waals surface area contributed by atoms with Crippen LogP contribution in [-0.2, 0) is 9.47 Å². The maximum atomic E-state index is 5.60. The molecule has 2 saturated heterocycles. The molecule has 2 fully saturated rings. The summed E-state index contributed by atoms with van der Waals surface area (Å²) in [7, 11) is 0. The van der Waals surface area contributed by atoms with Crippen LogP contribution in [0.15, 0.2) is 4.99 Å². The lowest BCUT2D eigenvalue weighted by atomic mass is 9.87. The van der Waals surface area contributed by atoms with Gasteiger partial charge in [-0.25, -0.2) is 0 Å². The monoisotopic (exact) mass is 297 g/mol. The Morgan fingerprint density at radius 3 is 2.95 bits per heavy atom. The number of rotatable bonds is 7. The summed E-state index contributed by atoms with van der Waals surface area (Å²) in [6, 6.07) is 0. The van der Waals surface area contributed by atoms with Gasteiger partial charge in [0.1, 0.15) is 0 Å². The second-order valence-corrected chi connectivity index (χ2v) is 6.18. The molecule has 1 spiro atoms. The van der Waals surface area contributed by atoms with Crippen molar-refractivity contribution < 1.29 is 9.47 Å². The first-order valence-electron chi connectivity index (χ1n) is 8.48. The zero-order valence-corrected chi connectivity index (χ0v) is 13.7. The van der Waals surface area contributed by atoms with Crippen LogP contribution in [0.2, 0.25) is 0 Å². The fourth-order valence-corrected chi connectivity index (χ4v) is 3.08. The number of nitrogens with zero attached hydrogens (tertiary/aromatic N) is 2. The molecule has 0 saturated carbocycles. The summed E-state index contributed by atoms with van der Waals surface area (Å²) >= 11 is 0. The summed E-state index contributed by atoms with van der Waals surface area (Å²) < 4.78 is 11.2. The molecule has 21 heavy (non-hydrogen) atoms. The number of hydrogen-bond donors (Lipinski definition) is 1. The molecule has 0 aromatic heterocycles. The van der Waals surface area contributed by atoms with E-state index in [0.29, 0.717) is 5.41 Å². The maximum Gasteiger partial charge on any atom is 0.194 e. The maximum absolute atomic E-state index is 5.60. The van der Waals surface area contributed by atoms with Crippen molar-refractivity contribution in [1.29, 1.82) is 0 Å². The summed E-state index contributed by atoms with van der Waals surface area (Å²) in [6.07, 6.45) is 4.75. The topological polar surface area (TPSA) is 46.1 Å². The van der Waals surface area contributed by atoms with Crippen molar-refractivity contribution >= 4 is 5.96 Å². The summed E-state index contributed by atoms with van der Waals surface area (Å²) in [6.45, 7) is 11.5. The van der Waals surface area contributed by atoms with Gasteiger partial charge >= 0.3 is 0 Å². The van der Waals surface area contributed by atoms with E-state index in [1.165, 1.54) is 19.3 Å². The number of nitrogens with one attached hydrogen (secondary N) is 1. The molecule has 5 nitrogen and oxygen atoms in total. The largest absolute Gasteiger partial charge is 0.381 e. The number of ether oxygens (including phenoxy) is 2. The normalized spacial score (nSPS) is 26.0. The molecule has 0 radical (unpaired) electrons. The summed E-state index contributed by atoms with van der Waals surface area (Å²) in [4.78, 5) is 7.11. The first-order chi connectivity index (χ1) is 10.3. The van der Waals surface area contributed by atoms with Gasteiger partial charge in [0.15, 0.2) is 5.96 Å². The Morgan fingerprint density at radius 2 is 2.24 bits per heavy atom. The number of aliphatic imine (C=N–C) groups is 1. The number of guanidine groups is 1. The average molecular weight is 297 g/mol. The van der Waals surface area contributed by atoms with Crippen LogP contribution in [0.4, 0.5) is 0 Å². The Hall–Kier alpha value is -0.810. The zero-order chi connectivity index (χ0) is 15.0. The molecule has 0 aliphatic carbocycles. The fourth-order valence-electron chi connectivity index (χ4n) is 3.08. The van der Waals surface area contributed by atoms with Gasteiger partial charge in [-0.3, -0.25) is 4.99 Å². The molecule has 0 bridgehead atoms. The predicted molar refractivity (Wildman–Crippen MR) is 85.8 cm³/mol. The Bertz CT molecular complexity index is 327. The minimum Gasteiger partial charge on any atom is -0.381 e. The molecular weight excluding hydrogens is 266 g/mol. The molecule has 2 aliphatic rings. The van der Waals surface area contributed by atoms with E-state index in [4.69, 9.17) is 14.5 Å². The average Bonchev–Trinajstić information content (AvgIpc) is 3.12. The Kier molecular flexibility index (Phi) is 6.77. The van der Waals surface area contributed by atoms with Crippen LogP contribution in [0, 0.1) is 5.41 Å². The third kappa shape index (κ3) is 4.85. The number of unbranched alkanes of at least 4 members (excludes halogenated alkanes) is 1. The zero-order valence-electron chi connectivity index (χ0n) is 13.7. The van der Waals surface area contributed by atoms with E-state index < -0.39 is 0 Å². The van der Waals surface area contributed by atoms with Crippen LogP contribution in [0.3, 0.4) is 0 Å². The van der Waals surface area contributed by atoms with E-state index in [-0.39, 0.29) is 0 Å². The van der Waals surface area contributed by atoms with Crippen molar-refractivity contribution in [2.24, 2.45) is 10.4 Å². The van der Waals surface area contributed by atoms with Gasteiger partial charge in [-0.1, -0.05) is 13.3 Å². The molecule has 2 rings (SSSR count). The van der Waals surface area contributed by atoms with E-state index in [0.717, 1.165) is 65.0 Å². The van der Waals surface area contributed by atoms with Crippen molar-refractivity contribution in [3.63, 3.8) is 0 Å². The predicted octanol–water partition coefficient (Wildman–Crippen LogP) is 1.88. The lowest BCUT2D eigenvalue weighted by Gasteiger charge is -2.24. The van der Waals surface area contributed by atoms with E-state index in [1.807, 2.05) is 0 Å². The van der Waals surface area contributed by atoms with Crippen LogP contribution < -0.4 is 5.32 Å². The molecule has 0 aromatic carbocycles. The third-order valence-corrected chi connectivity index (χ3v) is 4.40. The van der Waals surface area contributed by atoms with Crippen LogP contribution in [-0.4, -0.2) is 63.5 Å². The smallest absolute Gasteiger partial charge is 0.194 e. The van der Waals surface area contributed by atoms with Crippen LogP contribution in [0.25, 0.3) is 0 Å². The number of likely N-dealkylation sites (tertiary alicyclic amines) is 1. The molecule has 0 aromatic rings. The quantitative estimate of drug-likeness (QED) is 0.443. The first-order valence-corrected chi connectivity index (χ1v) is 8.48. The molecule has 122 valence electrons. The van der Waals surface area contributed by atoms with Crippen molar-refractivity contribution in [2.45, 2.75) is 39.5 Å². The van der Waals surface area contributed by atoms with E-state index in [1.54, 1.807) is 0 Å². The minimum atomic E-state index is 0.383. The van der Waals surface area contributed by atoms with Gasteiger partial charge < -0.3 is 19.7 Å². The third-order valence-electron chi connectivity index (χ3n) is 4.40. The molecule has 1 atom stereocenters. The SMILES string of the molecule is CCCCOCCN=C(NCC)N1CCC2(CCOC2)C1. The number of hydrogen-bond acceptors (Lipinski definition) is 3. The van der Waals surface area contributed by atoms with E-state index >= 15 is 0 Å². The summed E-state index contributed by atoms with van der Waals surface area (Å²) in [5.74, 6) is 1.04. The highest BCUT2D eigenvalue weighted by Crippen LogP contribution is 2.38. The van der Waals surface area contributed by atoms with Gasteiger partial charge in [0.2, 0.25) is 0 Å². The molecule has 2 heterocycles. The van der Waals surface area contributed by atoms with Crippen molar-refractivity contribution in [3.8, 4) is 0 Å². The van der Waals surface area contributed by atoms with Gasteiger partial charge in [0, 0.05) is 38.3 Å². The Morgan fingerprint density at radius 1 is 1.33 bits per heavy atom. The lowest BCUT2D eigenvalue weighted by Crippen LogP contribution is -2.41. The molecule has 1 N–H and O–H groups in total. The van der Waals surface area contributed by atoms with Crippen LogP contribution in [0.1, 0.15) is 39.5 Å². The second-order valence-electron chi connectivity index (χ2n) is 6.18. The van der Waals surface area contributed by atoms with Crippen molar-refractivity contribution in [1.82, 2.24) is 10.2 Å². The van der Waals surface area contributed by atoms with E-state index in [2.05, 4.69) is 24.1 Å².